The smallest absolute Gasteiger partial charge is 0.120 e. The molecule has 14 heavy (non-hydrogen) atoms. The quantitative estimate of drug-likeness (QED) is 0.766. The van der Waals surface area contributed by atoms with E-state index in [1.54, 1.807) is 0 Å². The molecule has 1 saturated carbocycles. The maximum absolute atomic E-state index is 8.84. The molecule has 1 aromatic rings. The molecule has 1 fully saturated rings. The van der Waals surface area contributed by atoms with Crippen LogP contribution >= 0.6 is 0 Å². The van der Waals surface area contributed by atoms with Crippen molar-refractivity contribution >= 4 is 0 Å². The molecule has 0 aliphatic heterocycles. The number of nitrogens with two attached hydrogens (primary N) is 1. The van der Waals surface area contributed by atoms with Gasteiger partial charge in [0, 0.05) is 18.8 Å². The number of hydrogen-bond acceptors (Lipinski definition) is 2. The van der Waals surface area contributed by atoms with E-state index in [0.29, 0.717) is 12.0 Å². The highest BCUT2D eigenvalue weighted by Crippen LogP contribution is 2.25. The number of nitrogens with zero attached hydrogens (tertiary/aromatic N) is 2. The van der Waals surface area contributed by atoms with Gasteiger partial charge in [0.05, 0.1) is 0 Å². The summed E-state index contributed by atoms with van der Waals surface area (Å²) in [5.41, 5.74) is 6.61. The minimum atomic E-state index is 0.376. The molecule has 1 heterocycles. The SMILES string of the molecule is N#Cc1cccn1CC1CCC(N)C1. The Bertz CT molecular complexity index is 348. The molecule has 3 nitrogen and oxygen atoms in total. The van der Waals surface area contributed by atoms with Crippen molar-refractivity contribution in [2.45, 2.75) is 31.8 Å². The van der Waals surface area contributed by atoms with Crippen molar-refractivity contribution in [3.05, 3.63) is 24.0 Å². The molecule has 0 radical (unpaired) electrons. The van der Waals surface area contributed by atoms with Gasteiger partial charge in [-0.1, -0.05) is 0 Å². The Morgan fingerprint density at radius 3 is 3.07 bits per heavy atom. The van der Waals surface area contributed by atoms with Crippen LogP contribution < -0.4 is 5.73 Å². The fourth-order valence-corrected chi connectivity index (χ4v) is 2.23. The van der Waals surface area contributed by atoms with Crippen molar-refractivity contribution in [3.8, 4) is 6.07 Å². The number of aromatic nitrogens is 1. The molecule has 3 heteroatoms. The van der Waals surface area contributed by atoms with Crippen LogP contribution in [0.2, 0.25) is 0 Å². The zero-order chi connectivity index (χ0) is 9.97. The average molecular weight is 189 g/mol. The Kier molecular flexibility index (Phi) is 2.55. The predicted molar refractivity (Wildman–Crippen MR) is 54.5 cm³/mol. The van der Waals surface area contributed by atoms with Gasteiger partial charge in [-0.25, -0.2) is 0 Å². The van der Waals surface area contributed by atoms with Gasteiger partial charge >= 0.3 is 0 Å². The lowest BCUT2D eigenvalue weighted by atomic mass is 10.1. The van der Waals surface area contributed by atoms with Gasteiger partial charge in [-0.3, -0.25) is 0 Å². The largest absolute Gasteiger partial charge is 0.339 e. The molecule has 2 rings (SSSR count). The zero-order valence-corrected chi connectivity index (χ0v) is 8.19. The van der Waals surface area contributed by atoms with E-state index in [9.17, 15) is 0 Å². The number of nitriles is 1. The third-order valence-corrected chi connectivity index (χ3v) is 2.98. The van der Waals surface area contributed by atoms with E-state index in [4.69, 9.17) is 11.0 Å². The van der Waals surface area contributed by atoms with Crippen LogP contribution in [0, 0.1) is 17.2 Å². The monoisotopic (exact) mass is 189 g/mol. The summed E-state index contributed by atoms with van der Waals surface area (Å²) in [6, 6.07) is 6.35. The predicted octanol–water partition coefficient (Wildman–Crippen LogP) is 1.49. The highest BCUT2D eigenvalue weighted by Gasteiger charge is 2.22. The summed E-state index contributed by atoms with van der Waals surface area (Å²) < 4.78 is 2.03. The van der Waals surface area contributed by atoms with Gasteiger partial charge in [-0.2, -0.15) is 5.26 Å². The Morgan fingerprint density at radius 1 is 1.57 bits per heavy atom. The van der Waals surface area contributed by atoms with Gasteiger partial charge < -0.3 is 10.3 Å². The van der Waals surface area contributed by atoms with Crippen molar-refractivity contribution in [2.24, 2.45) is 11.7 Å². The lowest BCUT2D eigenvalue weighted by Crippen LogP contribution is -2.16. The van der Waals surface area contributed by atoms with E-state index in [2.05, 4.69) is 6.07 Å². The molecular formula is C11H15N3. The topological polar surface area (TPSA) is 54.7 Å². The van der Waals surface area contributed by atoms with E-state index in [-0.39, 0.29) is 0 Å². The molecule has 0 spiro atoms. The van der Waals surface area contributed by atoms with Crippen LogP contribution in [0.5, 0.6) is 0 Å². The summed E-state index contributed by atoms with van der Waals surface area (Å²) in [6.45, 7) is 0.948. The van der Waals surface area contributed by atoms with Crippen LogP contribution in [-0.2, 0) is 6.54 Å². The molecular weight excluding hydrogens is 174 g/mol. The standard InChI is InChI=1S/C11H15N3/c12-7-11-2-1-5-14(11)8-9-3-4-10(13)6-9/h1-2,5,9-10H,3-4,6,8,13H2. The Balaban J connectivity index is 2.01. The van der Waals surface area contributed by atoms with Gasteiger partial charge in [0.25, 0.3) is 0 Å². The van der Waals surface area contributed by atoms with Crippen molar-refractivity contribution in [1.82, 2.24) is 4.57 Å². The Labute approximate surface area is 84.1 Å². The van der Waals surface area contributed by atoms with Crippen LogP contribution in [0.25, 0.3) is 0 Å². The van der Waals surface area contributed by atoms with Crippen LogP contribution in [0.3, 0.4) is 0 Å². The van der Waals surface area contributed by atoms with E-state index in [1.807, 2.05) is 22.9 Å². The van der Waals surface area contributed by atoms with Gasteiger partial charge in [0.1, 0.15) is 11.8 Å². The van der Waals surface area contributed by atoms with Gasteiger partial charge in [0.2, 0.25) is 0 Å². The van der Waals surface area contributed by atoms with E-state index in [0.717, 1.165) is 25.1 Å². The van der Waals surface area contributed by atoms with Crippen molar-refractivity contribution in [2.75, 3.05) is 0 Å². The molecule has 0 amide bonds. The molecule has 1 aliphatic rings. The minimum absolute atomic E-state index is 0.376. The fraction of sp³-hybridized carbons (Fsp3) is 0.545. The maximum Gasteiger partial charge on any atom is 0.120 e. The van der Waals surface area contributed by atoms with Crippen molar-refractivity contribution in [3.63, 3.8) is 0 Å². The summed E-state index contributed by atoms with van der Waals surface area (Å²) in [4.78, 5) is 0. The minimum Gasteiger partial charge on any atom is -0.339 e. The Hall–Kier alpha value is -1.27. The number of hydrogen-bond donors (Lipinski definition) is 1. The molecule has 0 bridgehead atoms. The van der Waals surface area contributed by atoms with Crippen molar-refractivity contribution < 1.29 is 0 Å². The molecule has 0 saturated heterocycles. The first-order valence-corrected chi connectivity index (χ1v) is 5.10. The fourth-order valence-electron chi connectivity index (χ4n) is 2.23. The summed E-state index contributed by atoms with van der Waals surface area (Å²) in [6.07, 6.45) is 5.41. The lowest BCUT2D eigenvalue weighted by molar-refractivity contribution is 0.450. The molecule has 1 aromatic heterocycles. The molecule has 74 valence electrons. The molecule has 2 unspecified atom stereocenters. The molecule has 0 aromatic carbocycles. The number of rotatable bonds is 2. The third-order valence-electron chi connectivity index (χ3n) is 2.98. The zero-order valence-electron chi connectivity index (χ0n) is 8.19. The van der Waals surface area contributed by atoms with Gasteiger partial charge in [0.15, 0.2) is 0 Å². The summed E-state index contributed by atoms with van der Waals surface area (Å²) in [7, 11) is 0. The van der Waals surface area contributed by atoms with E-state index < -0.39 is 0 Å². The van der Waals surface area contributed by atoms with Crippen LogP contribution in [0.1, 0.15) is 25.0 Å². The van der Waals surface area contributed by atoms with Gasteiger partial charge in [-0.15, -0.1) is 0 Å². The van der Waals surface area contributed by atoms with E-state index >= 15 is 0 Å². The highest BCUT2D eigenvalue weighted by molar-refractivity contribution is 5.21. The first kappa shape index (κ1) is 9.29. The molecule has 1 aliphatic carbocycles. The normalized spacial score (nSPS) is 26.3. The second-order valence-electron chi connectivity index (χ2n) is 4.10. The molecule has 2 N–H and O–H groups in total. The Morgan fingerprint density at radius 2 is 2.43 bits per heavy atom. The highest BCUT2D eigenvalue weighted by atomic mass is 15.0. The summed E-state index contributed by atoms with van der Waals surface area (Å²) in [5, 5.41) is 8.84. The summed E-state index contributed by atoms with van der Waals surface area (Å²) in [5.74, 6) is 0.657. The summed E-state index contributed by atoms with van der Waals surface area (Å²) >= 11 is 0. The van der Waals surface area contributed by atoms with Crippen LogP contribution in [-0.4, -0.2) is 10.6 Å². The molecule has 2 atom stereocenters. The second-order valence-corrected chi connectivity index (χ2v) is 4.10. The van der Waals surface area contributed by atoms with E-state index in [1.165, 1.54) is 6.42 Å². The first-order valence-electron chi connectivity index (χ1n) is 5.10. The van der Waals surface area contributed by atoms with Gasteiger partial charge in [-0.05, 0) is 37.3 Å². The third kappa shape index (κ3) is 1.80. The van der Waals surface area contributed by atoms with Crippen molar-refractivity contribution in [1.29, 1.82) is 5.26 Å². The second kappa shape index (κ2) is 3.85. The average Bonchev–Trinajstić information content (AvgIpc) is 2.76. The lowest BCUT2D eigenvalue weighted by Gasteiger charge is -2.11. The first-order chi connectivity index (χ1) is 6.79. The maximum atomic E-state index is 8.84. The van der Waals surface area contributed by atoms with Crippen LogP contribution in [0.15, 0.2) is 18.3 Å². The van der Waals surface area contributed by atoms with Crippen LogP contribution in [0.4, 0.5) is 0 Å².